The van der Waals surface area contributed by atoms with Gasteiger partial charge in [0, 0.05) is 49.4 Å². The van der Waals surface area contributed by atoms with Gasteiger partial charge in [-0.1, -0.05) is 109 Å². The molecule has 1 aliphatic rings. The first-order chi connectivity index (χ1) is 25.3. The van der Waals surface area contributed by atoms with Crippen molar-refractivity contribution in [2.75, 3.05) is 0 Å². The van der Waals surface area contributed by atoms with Gasteiger partial charge in [0.25, 0.3) is 0 Å². The molecule has 0 bridgehead atoms. The Hall–Kier alpha value is -6.58. The van der Waals surface area contributed by atoms with Crippen LogP contribution in [0.15, 0.2) is 176 Å². The molecule has 11 rings (SSSR count). The molecule has 240 valence electrons. The second-order valence-electron chi connectivity index (χ2n) is 13.7. The van der Waals surface area contributed by atoms with Gasteiger partial charge in [-0.2, -0.15) is 0 Å². The maximum atomic E-state index is 2.44. The van der Waals surface area contributed by atoms with Crippen molar-refractivity contribution in [2.24, 2.45) is 0 Å². The number of hydrogen-bond acceptors (Lipinski definition) is 0. The van der Waals surface area contributed by atoms with E-state index in [0.29, 0.717) is 0 Å². The molecule has 3 heteroatoms. The van der Waals surface area contributed by atoms with E-state index >= 15 is 0 Å². The van der Waals surface area contributed by atoms with Gasteiger partial charge in [-0.3, -0.25) is 0 Å². The number of hydrogen-bond donors (Lipinski definition) is 0. The van der Waals surface area contributed by atoms with E-state index in [2.05, 4.69) is 190 Å². The van der Waals surface area contributed by atoms with Gasteiger partial charge >= 0.3 is 0 Å². The van der Waals surface area contributed by atoms with Crippen molar-refractivity contribution in [2.45, 2.75) is 12.8 Å². The number of benzene rings is 7. The Balaban J connectivity index is 1.15. The quantitative estimate of drug-likeness (QED) is 0.180. The zero-order chi connectivity index (χ0) is 33.5. The van der Waals surface area contributed by atoms with E-state index in [1.165, 1.54) is 87.9 Å². The van der Waals surface area contributed by atoms with Gasteiger partial charge in [0.05, 0.1) is 33.1 Å². The van der Waals surface area contributed by atoms with Crippen LogP contribution in [0.2, 0.25) is 0 Å². The summed E-state index contributed by atoms with van der Waals surface area (Å²) in [7, 11) is 0. The molecule has 7 aromatic carbocycles. The van der Waals surface area contributed by atoms with Gasteiger partial charge in [-0.25, -0.2) is 0 Å². The summed E-state index contributed by atoms with van der Waals surface area (Å²) in [5.41, 5.74) is 13.3. The molecule has 0 amide bonds. The highest BCUT2D eigenvalue weighted by atomic mass is 15.0. The van der Waals surface area contributed by atoms with Gasteiger partial charge in [-0.05, 0) is 90.7 Å². The third-order valence-electron chi connectivity index (χ3n) is 10.8. The average molecular weight is 652 g/mol. The predicted octanol–water partition coefficient (Wildman–Crippen LogP) is 12.7. The molecule has 10 aromatic rings. The molecule has 0 saturated heterocycles. The van der Waals surface area contributed by atoms with Crippen LogP contribution in [0.4, 0.5) is 0 Å². The van der Waals surface area contributed by atoms with Crippen LogP contribution in [0.25, 0.3) is 88.1 Å². The van der Waals surface area contributed by atoms with E-state index in [9.17, 15) is 0 Å². The van der Waals surface area contributed by atoms with Crippen molar-refractivity contribution in [3.8, 4) is 17.1 Å². The molecule has 1 aliphatic carbocycles. The van der Waals surface area contributed by atoms with Crippen LogP contribution in [-0.2, 0) is 0 Å². The van der Waals surface area contributed by atoms with Crippen molar-refractivity contribution >= 4 is 71.0 Å². The minimum Gasteiger partial charge on any atom is -0.309 e. The maximum Gasteiger partial charge on any atom is 0.0561 e. The van der Waals surface area contributed by atoms with Crippen LogP contribution in [0, 0.1) is 0 Å². The lowest BCUT2D eigenvalue weighted by atomic mass is 9.99. The molecule has 3 aromatic heterocycles. The van der Waals surface area contributed by atoms with Crippen LogP contribution >= 0.6 is 0 Å². The first-order valence-corrected chi connectivity index (χ1v) is 17.8. The predicted molar refractivity (Wildman–Crippen MR) is 216 cm³/mol. The molecular weight excluding hydrogens is 619 g/mol. The van der Waals surface area contributed by atoms with Crippen LogP contribution in [0.1, 0.15) is 18.4 Å². The molecule has 0 atom stereocenters. The summed E-state index contributed by atoms with van der Waals surface area (Å²) in [6, 6.07) is 58.1. The Labute approximate surface area is 295 Å². The van der Waals surface area contributed by atoms with E-state index in [-0.39, 0.29) is 0 Å². The zero-order valence-corrected chi connectivity index (χ0v) is 28.0. The summed E-state index contributed by atoms with van der Waals surface area (Å²) in [6.07, 6.45) is 9.11. The monoisotopic (exact) mass is 651 g/mol. The first-order valence-electron chi connectivity index (χ1n) is 17.8. The molecule has 51 heavy (non-hydrogen) atoms. The highest BCUT2D eigenvalue weighted by molar-refractivity contribution is 6.13. The standard InChI is InChI=1S/C48H33N3/c1-2-13-32(14-3-1)33-15-12-16-34(29-33)51-45-23-10-6-19-39(45)41-27-25-36(31-48(41)51)50-46-24-11-7-20-40(46)42-30-35(26-28-47(42)50)49-43-21-8-4-17-37(43)38-18-5-9-22-44(38)49/h2,4-31H,1,3H2. The average Bonchev–Trinajstić information content (AvgIpc) is 3.83. The molecule has 0 unspecified atom stereocenters. The molecule has 0 saturated carbocycles. The smallest absolute Gasteiger partial charge is 0.0561 e. The Bertz CT molecular complexity index is 3030. The van der Waals surface area contributed by atoms with Crippen LogP contribution in [0.3, 0.4) is 0 Å². The van der Waals surface area contributed by atoms with Crippen LogP contribution < -0.4 is 0 Å². The molecular formula is C48H33N3. The number of fused-ring (bicyclic) bond motifs is 9. The van der Waals surface area contributed by atoms with E-state index in [1.807, 2.05) is 0 Å². The van der Waals surface area contributed by atoms with Crippen molar-refractivity contribution in [1.29, 1.82) is 0 Å². The van der Waals surface area contributed by atoms with Gasteiger partial charge in [0.2, 0.25) is 0 Å². The second kappa shape index (κ2) is 11.0. The summed E-state index contributed by atoms with van der Waals surface area (Å²) < 4.78 is 7.29. The highest BCUT2D eigenvalue weighted by Crippen LogP contribution is 2.39. The first kappa shape index (κ1) is 28.3. The van der Waals surface area contributed by atoms with E-state index in [1.54, 1.807) is 0 Å². The Morgan fingerprint density at radius 2 is 0.824 bits per heavy atom. The minimum absolute atomic E-state index is 1.09. The number of allylic oxidation sites excluding steroid dienone is 4. The zero-order valence-electron chi connectivity index (χ0n) is 28.0. The third kappa shape index (κ3) is 4.18. The van der Waals surface area contributed by atoms with Gasteiger partial charge in [0.1, 0.15) is 0 Å². The minimum atomic E-state index is 1.09. The molecule has 0 fully saturated rings. The van der Waals surface area contributed by atoms with Crippen molar-refractivity contribution in [1.82, 2.24) is 13.7 Å². The number of aromatic nitrogens is 3. The van der Waals surface area contributed by atoms with Crippen molar-refractivity contribution in [3.63, 3.8) is 0 Å². The topological polar surface area (TPSA) is 14.8 Å². The lowest BCUT2D eigenvalue weighted by Crippen LogP contribution is -1.98. The Morgan fingerprint density at radius 1 is 0.333 bits per heavy atom. The van der Waals surface area contributed by atoms with Crippen molar-refractivity contribution in [3.05, 3.63) is 182 Å². The maximum absolute atomic E-state index is 2.44. The second-order valence-corrected chi connectivity index (χ2v) is 13.7. The molecule has 3 nitrogen and oxygen atoms in total. The van der Waals surface area contributed by atoms with Gasteiger partial charge in [0.15, 0.2) is 0 Å². The number of nitrogens with zero attached hydrogens (tertiary/aromatic N) is 3. The summed E-state index contributed by atoms with van der Waals surface area (Å²) in [5, 5.41) is 7.56. The fourth-order valence-corrected chi connectivity index (χ4v) is 8.61. The lowest BCUT2D eigenvalue weighted by Gasteiger charge is -2.13. The summed E-state index contributed by atoms with van der Waals surface area (Å²) in [4.78, 5) is 0. The molecule has 3 heterocycles. The van der Waals surface area contributed by atoms with Gasteiger partial charge < -0.3 is 13.7 Å². The fraction of sp³-hybridized carbons (Fsp3) is 0.0417. The lowest BCUT2D eigenvalue weighted by molar-refractivity contribution is 1.04. The van der Waals surface area contributed by atoms with E-state index < -0.39 is 0 Å². The largest absolute Gasteiger partial charge is 0.309 e. The fourth-order valence-electron chi connectivity index (χ4n) is 8.61. The van der Waals surface area contributed by atoms with Gasteiger partial charge in [-0.15, -0.1) is 0 Å². The number of para-hydroxylation sites is 4. The SMILES string of the molecule is C1=CC(c2cccc(-n3c4ccccc4c4ccc(-n5c6ccccc6c6cc(-n7c8ccccc8c8ccccc87)ccc65)cc43)c2)=CCC1. The normalized spacial score (nSPS) is 13.4. The van der Waals surface area contributed by atoms with Crippen LogP contribution in [-0.4, -0.2) is 13.7 Å². The molecule has 0 N–H and O–H groups in total. The molecule has 0 spiro atoms. The Morgan fingerprint density at radius 3 is 1.43 bits per heavy atom. The summed E-state index contributed by atoms with van der Waals surface area (Å²) >= 11 is 0. The van der Waals surface area contributed by atoms with E-state index in [4.69, 9.17) is 0 Å². The third-order valence-corrected chi connectivity index (χ3v) is 10.8. The highest BCUT2D eigenvalue weighted by Gasteiger charge is 2.19. The number of rotatable bonds is 4. The van der Waals surface area contributed by atoms with E-state index in [0.717, 1.165) is 18.5 Å². The van der Waals surface area contributed by atoms with Crippen LogP contribution in [0.5, 0.6) is 0 Å². The summed E-state index contributed by atoms with van der Waals surface area (Å²) in [6.45, 7) is 0. The molecule has 0 aliphatic heterocycles. The van der Waals surface area contributed by atoms with Crippen molar-refractivity contribution < 1.29 is 0 Å². The Kier molecular flexibility index (Phi) is 6.08. The summed E-state index contributed by atoms with van der Waals surface area (Å²) in [5.74, 6) is 0. The molecule has 0 radical (unpaired) electrons.